The lowest BCUT2D eigenvalue weighted by molar-refractivity contribution is -0.224. The van der Waals surface area contributed by atoms with Gasteiger partial charge in [-0.1, -0.05) is 26.2 Å². The Morgan fingerprint density at radius 2 is 1.79 bits per heavy atom. The third kappa shape index (κ3) is 7.68. The Kier molecular flexibility index (Phi) is 8.60. The van der Waals surface area contributed by atoms with E-state index in [-0.39, 0.29) is 17.9 Å². The largest absolute Gasteiger partial charge is 0.508 e. The maximum absolute atomic E-state index is 12.9. The lowest BCUT2D eigenvalue weighted by atomic mass is 10.2. The third-order valence-corrected chi connectivity index (χ3v) is 3.40. The summed E-state index contributed by atoms with van der Waals surface area (Å²) in [6, 6.07) is 5.27. The molecule has 0 aliphatic rings. The molecule has 24 heavy (non-hydrogen) atoms. The summed E-state index contributed by atoms with van der Waals surface area (Å²) in [5, 5.41) is 9.12. The van der Waals surface area contributed by atoms with E-state index >= 15 is 0 Å². The lowest BCUT2D eigenvalue weighted by Gasteiger charge is -2.20. The quantitative estimate of drug-likeness (QED) is 0.501. The molecule has 1 aromatic rings. The van der Waals surface area contributed by atoms with Crippen molar-refractivity contribution in [1.29, 1.82) is 0 Å². The first-order chi connectivity index (χ1) is 11.3. The highest BCUT2D eigenvalue weighted by molar-refractivity contribution is 5.89. The molecule has 0 unspecified atom stereocenters. The summed E-state index contributed by atoms with van der Waals surface area (Å²) in [7, 11) is 0. The summed E-state index contributed by atoms with van der Waals surface area (Å²) >= 11 is 0. The first kappa shape index (κ1) is 20.3. The molecule has 4 nitrogen and oxygen atoms in total. The van der Waals surface area contributed by atoms with E-state index < -0.39 is 31.3 Å². The van der Waals surface area contributed by atoms with Crippen molar-refractivity contribution in [2.24, 2.45) is 0 Å². The van der Waals surface area contributed by atoms with Crippen LogP contribution in [0.3, 0.4) is 0 Å². The Balaban J connectivity index is 2.38. The van der Waals surface area contributed by atoms with E-state index in [1.807, 2.05) is 6.92 Å². The first-order valence-electron chi connectivity index (χ1n) is 7.99. The van der Waals surface area contributed by atoms with Gasteiger partial charge in [-0.05, 0) is 30.7 Å². The number of esters is 1. The van der Waals surface area contributed by atoms with Crippen molar-refractivity contribution in [3.8, 4) is 5.75 Å². The van der Waals surface area contributed by atoms with Crippen molar-refractivity contribution in [3.05, 3.63) is 29.8 Å². The van der Waals surface area contributed by atoms with Crippen molar-refractivity contribution in [3.63, 3.8) is 0 Å². The smallest absolute Gasteiger partial charge is 0.414 e. The van der Waals surface area contributed by atoms with E-state index in [4.69, 9.17) is 14.6 Å². The molecule has 1 rings (SSSR count). The Hall–Kier alpha value is -1.76. The van der Waals surface area contributed by atoms with E-state index in [0.29, 0.717) is 6.42 Å². The predicted octanol–water partition coefficient (Wildman–Crippen LogP) is 4.47. The van der Waals surface area contributed by atoms with Crippen LogP contribution in [0.5, 0.6) is 5.75 Å². The van der Waals surface area contributed by atoms with Gasteiger partial charge in [0.2, 0.25) is 0 Å². The molecule has 0 aliphatic carbocycles. The average molecular weight is 348 g/mol. The molecule has 0 saturated carbocycles. The molecule has 0 bridgehead atoms. The molecule has 0 spiro atoms. The van der Waals surface area contributed by atoms with Crippen LogP contribution < -0.4 is 0 Å². The first-order valence-corrected chi connectivity index (χ1v) is 7.99. The van der Waals surface area contributed by atoms with Crippen LogP contribution in [-0.2, 0) is 9.47 Å². The topological polar surface area (TPSA) is 55.8 Å². The van der Waals surface area contributed by atoms with Gasteiger partial charge < -0.3 is 14.6 Å². The third-order valence-electron chi connectivity index (χ3n) is 3.40. The van der Waals surface area contributed by atoms with Crippen LogP contribution in [0.15, 0.2) is 24.3 Å². The minimum Gasteiger partial charge on any atom is -0.508 e. The number of ether oxygens (including phenoxy) is 2. The van der Waals surface area contributed by atoms with E-state index in [2.05, 4.69) is 0 Å². The Labute approximate surface area is 139 Å². The molecule has 0 amide bonds. The van der Waals surface area contributed by atoms with Gasteiger partial charge in [-0.2, -0.15) is 13.2 Å². The highest BCUT2D eigenvalue weighted by Gasteiger charge is 2.40. The van der Waals surface area contributed by atoms with Crippen molar-refractivity contribution >= 4 is 5.97 Å². The van der Waals surface area contributed by atoms with Gasteiger partial charge in [-0.25, -0.2) is 4.79 Å². The van der Waals surface area contributed by atoms with Crippen LogP contribution in [0, 0.1) is 0 Å². The Bertz CT molecular complexity index is 486. The van der Waals surface area contributed by atoms with Gasteiger partial charge in [-0.3, -0.25) is 0 Å². The van der Waals surface area contributed by atoms with Gasteiger partial charge >= 0.3 is 12.1 Å². The van der Waals surface area contributed by atoms with Crippen molar-refractivity contribution in [2.45, 2.75) is 51.3 Å². The van der Waals surface area contributed by atoms with E-state index in [9.17, 15) is 18.0 Å². The van der Waals surface area contributed by atoms with Crippen LogP contribution in [0.25, 0.3) is 0 Å². The molecular weight excluding hydrogens is 325 g/mol. The molecule has 0 radical (unpaired) electrons. The number of hydrogen-bond acceptors (Lipinski definition) is 4. The molecule has 1 N–H and O–H groups in total. The number of rotatable bonds is 10. The van der Waals surface area contributed by atoms with Crippen LogP contribution in [0.2, 0.25) is 0 Å². The number of hydrogen-bond donors (Lipinski definition) is 1. The van der Waals surface area contributed by atoms with Crippen LogP contribution in [0.4, 0.5) is 13.2 Å². The Morgan fingerprint density at radius 3 is 2.38 bits per heavy atom. The minimum atomic E-state index is -4.49. The number of alkyl halides is 3. The highest BCUT2D eigenvalue weighted by Crippen LogP contribution is 2.26. The normalized spacial score (nSPS) is 12.8. The number of unbranched alkanes of at least 4 members (excludes halogenated alkanes) is 3. The van der Waals surface area contributed by atoms with Crippen LogP contribution in [0.1, 0.15) is 49.4 Å². The fourth-order valence-electron chi connectivity index (χ4n) is 2.04. The molecule has 1 aromatic carbocycles. The average Bonchev–Trinajstić information content (AvgIpc) is 2.52. The SMILES string of the molecule is CCCCCCO[C@@H](CCOC(=O)c1ccc(O)cc1)C(F)(F)F. The fraction of sp³-hybridized carbons (Fsp3) is 0.588. The number of carbonyl (C=O) groups is 1. The molecule has 136 valence electrons. The molecule has 0 fully saturated rings. The van der Waals surface area contributed by atoms with Crippen molar-refractivity contribution < 1.29 is 32.5 Å². The maximum Gasteiger partial charge on any atom is 0.414 e. The van der Waals surface area contributed by atoms with Gasteiger partial charge in [0.15, 0.2) is 6.10 Å². The zero-order valence-corrected chi connectivity index (χ0v) is 13.6. The molecular formula is C17H23F3O4. The zero-order chi connectivity index (χ0) is 18.0. The summed E-state index contributed by atoms with van der Waals surface area (Å²) in [6.07, 6.45) is -3.51. The fourth-order valence-corrected chi connectivity index (χ4v) is 2.04. The molecule has 1 atom stereocenters. The number of benzene rings is 1. The van der Waals surface area contributed by atoms with Crippen LogP contribution in [-0.4, -0.2) is 36.6 Å². The van der Waals surface area contributed by atoms with E-state index in [1.165, 1.54) is 24.3 Å². The molecule has 0 heterocycles. The van der Waals surface area contributed by atoms with Crippen molar-refractivity contribution in [2.75, 3.05) is 13.2 Å². The van der Waals surface area contributed by atoms with E-state index in [1.54, 1.807) is 0 Å². The minimum absolute atomic E-state index is 0.0137. The molecule has 7 heteroatoms. The number of phenolic OH excluding ortho intramolecular Hbond substituents is 1. The number of halogens is 3. The second-order valence-electron chi connectivity index (χ2n) is 5.43. The molecule has 0 aromatic heterocycles. The summed E-state index contributed by atoms with van der Waals surface area (Å²) < 4.78 is 48.4. The number of phenols is 1. The number of carbonyl (C=O) groups excluding carboxylic acids is 1. The van der Waals surface area contributed by atoms with Gasteiger partial charge in [-0.15, -0.1) is 0 Å². The second kappa shape index (κ2) is 10.2. The van der Waals surface area contributed by atoms with Crippen molar-refractivity contribution in [1.82, 2.24) is 0 Å². The summed E-state index contributed by atoms with van der Waals surface area (Å²) in [5.41, 5.74) is 0.164. The zero-order valence-electron chi connectivity index (χ0n) is 13.6. The molecule has 0 aliphatic heterocycles. The summed E-state index contributed by atoms with van der Waals surface area (Å²) in [5.74, 6) is -0.751. The van der Waals surface area contributed by atoms with E-state index in [0.717, 1.165) is 19.3 Å². The second-order valence-corrected chi connectivity index (χ2v) is 5.43. The number of aromatic hydroxyl groups is 1. The highest BCUT2D eigenvalue weighted by atomic mass is 19.4. The maximum atomic E-state index is 12.9. The predicted molar refractivity (Wildman–Crippen MR) is 82.9 cm³/mol. The molecule has 0 saturated heterocycles. The standard InChI is InChI=1S/C17H23F3O4/c1-2-3-4-5-11-23-15(17(18,19)20)10-12-24-16(22)13-6-8-14(21)9-7-13/h6-9,15,21H,2-5,10-12H2,1H3/t15-/m0/s1. The monoisotopic (exact) mass is 348 g/mol. The van der Waals surface area contributed by atoms with Gasteiger partial charge in [0.25, 0.3) is 0 Å². The van der Waals surface area contributed by atoms with Gasteiger partial charge in [0.05, 0.1) is 12.2 Å². The Morgan fingerprint density at radius 1 is 1.12 bits per heavy atom. The summed E-state index contributed by atoms with van der Waals surface area (Å²) in [4.78, 5) is 11.7. The van der Waals surface area contributed by atoms with Crippen LogP contribution >= 0.6 is 0 Å². The van der Waals surface area contributed by atoms with Gasteiger partial charge in [0, 0.05) is 13.0 Å². The lowest BCUT2D eigenvalue weighted by Crippen LogP contribution is -2.33. The van der Waals surface area contributed by atoms with Gasteiger partial charge in [0.1, 0.15) is 5.75 Å². The summed E-state index contributed by atoms with van der Waals surface area (Å²) in [6.45, 7) is 1.66.